The number of carbonyl (C=O) groups is 2. The van der Waals surface area contributed by atoms with E-state index in [4.69, 9.17) is 18.5 Å². The second-order valence-corrected chi connectivity index (χ2v) is 16.9. The lowest BCUT2D eigenvalue weighted by molar-refractivity contribution is -0.870. The van der Waals surface area contributed by atoms with Gasteiger partial charge in [-0.15, -0.1) is 0 Å². The number of phosphoric ester groups is 1. The Hall–Kier alpha value is -0.990. The van der Waals surface area contributed by atoms with Crippen molar-refractivity contribution in [2.75, 3.05) is 47.5 Å². The summed E-state index contributed by atoms with van der Waals surface area (Å²) in [6.45, 7) is 9.06. The van der Waals surface area contributed by atoms with E-state index in [1.54, 1.807) is 0 Å². The fourth-order valence-electron chi connectivity index (χ4n) is 5.35. The highest BCUT2D eigenvalue weighted by atomic mass is 31.2. The first-order chi connectivity index (χ1) is 22.7. The number of nitrogens with zero attached hydrogens (tertiary/aromatic N) is 1. The Kier molecular flexibility index (Phi) is 29.1. The van der Waals surface area contributed by atoms with Crippen LogP contribution in [0.4, 0.5) is 0 Å². The fraction of sp³-hybridized carbons (Fsp3) is 0.947. The van der Waals surface area contributed by atoms with E-state index in [1.807, 2.05) is 21.1 Å². The Bertz CT molecular complexity index is 832. The molecule has 9 nitrogen and oxygen atoms in total. The van der Waals surface area contributed by atoms with Crippen LogP contribution in [0.1, 0.15) is 169 Å². The third-order valence-corrected chi connectivity index (χ3v) is 9.84. The summed E-state index contributed by atoms with van der Waals surface area (Å²) in [5, 5.41) is 0. The number of unbranched alkanes of at least 4 members (excludes halogenated alkanes) is 15. The Balaban J connectivity index is 4.44. The van der Waals surface area contributed by atoms with Gasteiger partial charge in [-0.1, -0.05) is 143 Å². The lowest BCUT2D eigenvalue weighted by Gasteiger charge is -2.24. The van der Waals surface area contributed by atoms with Gasteiger partial charge in [-0.2, -0.15) is 0 Å². The molecule has 48 heavy (non-hydrogen) atoms. The summed E-state index contributed by atoms with van der Waals surface area (Å²) in [4.78, 5) is 35.2. The molecule has 0 aliphatic rings. The van der Waals surface area contributed by atoms with E-state index >= 15 is 0 Å². The van der Waals surface area contributed by atoms with Crippen molar-refractivity contribution in [1.29, 1.82) is 0 Å². The maximum absolute atomic E-state index is 12.6. The maximum atomic E-state index is 12.6. The molecule has 1 N–H and O–H groups in total. The number of hydrogen-bond acceptors (Lipinski definition) is 7. The number of rotatable bonds is 34. The summed E-state index contributed by atoms with van der Waals surface area (Å²) in [5.74, 6) is 0.823. The molecule has 0 aliphatic carbocycles. The largest absolute Gasteiger partial charge is 0.472 e. The van der Waals surface area contributed by atoms with E-state index in [1.165, 1.54) is 89.9 Å². The van der Waals surface area contributed by atoms with Crippen molar-refractivity contribution in [3.8, 4) is 0 Å². The topological polar surface area (TPSA) is 108 Å². The zero-order chi connectivity index (χ0) is 36.1. The van der Waals surface area contributed by atoms with Gasteiger partial charge < -0.3 is 18.9 Å². The summed E-state index contributed by atoms with van der Waals surface area (Å²) in [5.41, 5.74) is 0. The molecule has 0 amide bonds. The Morgan fingerprint density at radius 1 is 0.646 bits per heavy atom. The first-order valence-electron chi connectivity index (χ1n) is 19.5. The minimum Gasteiger partial charge on any atom is -0.462 e. The van der Waals surface area contributed by atoms with Crippen molar-refractivity contribution < 1.29 is 42.1 Å². The van der Waals surface area contributed by atoms with Crippen molar-refractivity contribution in [1.82, 2.24) is 0 Å². The molecule has 0 heterocycles. The molecule has 0 aromatic rings. The molecule has 0 spiro atoms. The summed E-state index contributed by atoms with van der Waals surface area (Å²) in [6, 6.07) is 0. The van der Waals surface area contributed by atoms with E-state index in [9.17, 15) is 19.0 Å². The molecule has 0 fully saturated rings. The Morgan fingerprint density at radius 3 is 1.58 bits per heavy atom. The zero-order valence-electron chi connectivity index (χ0n) is 32.3. The summed E-state index contributed by atoms with van der Waals surface area (Å²) in [6.07, 6.45) is 23.0. The van der Waals surface area contributed by atoms with Crippen LogP contribution in [0.2, 0.25) is 0 Å². The van der Waals surface area contributed by atoms with Crippen LogP contribution in [0.25, 0.3) is 0 Å². The molecule has 0 rings (SSSR count). The van der Waals surface area contributed by atoms with Crippen LogP contribution in [0.3, 0.4) is 0 Å². The number of ether oxygens (including phenoxy) is 2. The van der Waals surface area contributed by atoms with Crippen molar-refractivity contribution in [2.24, 2.45) is 11.8 Å². The number of esters is 2. The number of carbonyl (C=O) groups excluding carboxylic acids is 2. The molecule has 0 radical (unpaired) electrons. The predicted octanol–water partition coefficient (Wildman–Crippen LogP) is 10.2. The standard InChI is InChI=1S/C38H76NO8P/c1-8-35(4)27-23-19-15-12-13-16-20-24-28-37(40)44-32-36(33-46-48(42,43)45-31-30-39(5,6)7)47-38(41)29-25-21-17-11-9-10-14-18-22-26-34(2)3/h34-36H,8-33H2,1-7H3/p+1/t35-,36-/m1/s1. The van der Waals surface area contributed by atoms with Crippen LogP contribution in [-0.2, 0) is 32.7 Å². The van der Waals surface area contributed by atoms with Crippen LogP contribution < -0.4 is 0 Å². The molecule has 10 heteroatoms. The lowest BCUT2D eigenvalue weighted by Crippen LogP contribution is -2.37. The number of quaternary nitrogens is 1. The number of likely N-dealkylation sites (N-methyl/N-ethyl adjacent to an activating group) is 1. The minimum atomic E-state index is -4.36. The van der Waals surface area contributed by atoms with Crippen molar-refractivity contribution >= 4 is 19.8 Å². The summed E-state index contributed by atoms with van der Waals surface area (Å²) >= 11 is 0. The van der Waals surface area contributed by atoms with Gasteiger partial charge in [-0.25, -0.2) is 4.57 Å². The molecular formula is C38H77NO8P+. The van der Waals surface area contributed by atoms with Crippen LogP contribution in [0.15, 0.2) is 0 Å². The van der Waals surface area contributed by atoms with E-state index in [0.717, 1.165) is 43.9 Å². The van der Waals surface area contributed by atoms with Crippen LogP contribution >= 0.6 is 7.82 Å². The second kappa shape index (κ2) is 29.7. The van der Waals surface area contributed by atoms with Gasteiger partial charge in [0.1, 0.15) is 19.8 Å². The average Bonchev–Trinajstić information content (AvgIpc) is 3.00. The Labute approximate surface area is 295 Å². The first-order valence-corrected chi connectivity index (χ1v) is 21.0. The molecule has 3 atom stereocenters. The SMILES string of the molecule is CC[C@@H](C)CCCCCCCCCCC(=O)OC[C@H](COP(=O)(O)OCC[N+](C)(C)C)OC(=O)CCCCCCCCCCCC(C)C. The fourth-order valence-corrected chi connectivity index (χ4v) is 6.09. The smallest absolute Gasteiger partial charge is 0.462 e. The quantitative estimate of drug-likeness (QED) is 0.0305. The Morgan fingerprint density at radius 2 is 1.10 bits per heavy atom. The van der Waals surface area contributed by atoms with Crippen LogP contribution in [0, 0.1) is 11.8 Å². The normalized spacial score (nSPS) is 14.5. The van der Waals surface area contributed by atoms with Gasteiger partial charge in [0.05, 0.1) is 27.7 Å². The number of hydrogen-bond donors (Lipinski definition) is 1. The minimum absolute atomic E-state index is 0.0348. The van der Waals surface area contributed by atoms with E-state index in [2.05, 4.69) is 27.7 Å². The van der Waals surface area contributed by atoms with Crippen LogP contribution in [-0.4, -0.2) is 74.9 Å². The lowest BCUT2D eigenvalue weighted by atomic mass is 9.99. The van der Waals surface area contributed by atoms with Crippen molar-refractivity contribution in [3.63, 3.8) is 0 Å². The number of phosphoric acid groups is 1. The van der Waals surface area contributed by atoms with E-state index in [0.29, 0.717) is 23.9 Å². The van der Waals surface area contributed by atoms with Gasteiger partial charge in [0, 0.05) is 12.8 Å². The van der Waals surface area contributed by atoms with E-state index in [-0.39, 0.29) is 25.6 Å². The predicted molar refractivity (Wildman–Crippen MR) is 197 cm³/mol. The van der Waals surface area contributed by atoms with Gasteiger partial charge in [0.2, 0.25) is 0 Å². The highest BCUT2D eigenvalue weighted by Crippen LogP contribution is 2.43. The average molecular weight is 707 g/mol. The van der Waals surface area contributed by atoms with Crippen LogP contribution in [0.5, 0.6) is 0 Å². The molecule has 0 saturated carbocycles. The monoisotopic (exact) mass is 707 g/mol. The first kappa shape index (κ1) is 47.0. The highest BCUT2D eigenvalue weighted by Gasteiger charge is 2.27. The van der Waals surface area contributed by atoms with Crippen molar-refractivity contribution in [2.45, 2.75) is 175 Å². The summed E-state index contributed by atoms with van der Waals surface area (Å²) < 4.78 is 34.2. The maximum Gasteiger partial charge on any atom is 0.472 e. The van der Waals surface area contributed by atoms with Gasteiger partial charge in [0.15, 0.2) is 6.10 Å². The molecule has 286 valence electrons. The van der Waals surface area contributed by atoms with E-state index < -0.39 is 26.5 Å². The van der Waals surface area contributed by atoms with Gasteiger partial charge in [0.25, 0.3) is 0 Å². The molecule has 0 aromatic carbocycles. The van der Waals surface area contributed by atoms with Crippen molar-refractivity contribution in [3.05, 3.63) is 0 Å². The highest BCUT2D eigenvalue weighted by molar-refractivity contribution is 7.47. The molecule has 0 aromatic heterocycles. The third kappa shape index (κ3) is 33.5. The third-order valence-electron chi connectivity index (χ3n) is 8.86. The molecule has 1 unspecified atom stereocenters. The van der Waals surface area contributed by atoms with Gasteiger partial charge >= 0.3 is 19.8 Å². The molecule has 0 aliphatic heterocycles. The molecular weight excluding hydrogens is 629 g/mol. The summed E-state index contributed by atoms with van der Waals surface area (Å²) in [7, 11) is 1.48. The molecule has 0 bridgehead atoms. The second-order valence-electron chi connectivity index (χ2n) is 15.4. The zero-order valence-corrected chi connectivity index (χ0v) is 33.2. The van der Waals surface area contributed by atoms with Gasteiger partial charge in [-0.3, -0.25) is 18.6 Å². The van der Waals surface area contributed by atoms with Gasteiger partial charge in [-0.05, 0) is 24.7 Å². The molecule has 0 saturated heterocycles.